The molecule has 1 heteroatoms. The first-order valence-corrected chi connectivity index (χ1v) is 5.19. The molecule has 0 aliphatic carbocycles. The van der Waals surface area contributed by atoms with E-state index in [1.807, 2.05) is 12.3 Å². The van der Waals surface area contributed by atoms with Gasteiger partial charge in [0.1, 0.15) is 0 Å². The van der Waals surface area contributed by atoms with E-state index in [-0.39, 0.29) is 10.8 Å². The third-order valence-electron chi connectivity index (χ3n) is 2.33. The summed E-state index contributed by atoms with van der Waals surface area (Å²) in [6, 6.07) is 4.21. The van der Waals surface area contributed by atoms with Crippen molar-refractivity contribution in [2.24, 2.45) is 0 Å². The summed E-state index contributed by atoms with van der Waals surface area (Å²) in [5, 5.41) is 0. The predicted octanol–water partition coefficient (Wildman–Crippen LogP) is 3.68. The van der Waals surface area contributed by atoms with Gasteiger partial charge in [-0.3, -0.25) is 4.98 Å². The van der Waals surface area contributed by atoms with Gasteiger partial charge in [0.05, 0.1) is 0 Å². The lowest BCUT2D eigenvalue weighted by molar-refractivity contribution is 0.514. The Labute approximate surface area is 87.6 Å². The van der Waals surface area contributed by atoms with Crippen LogP contribution in [0.15, 0.2) is 18.3 Å². The van der Waals surface area contributed by atoms with E-state index in [4.69, 9.17) is 0 Å². The van der Waals surface area contributed by atoms with Crippen LogP contribution < -0.4 is 0 Å². The number of pyridine rings is 1. The first-order chi connectivity index (χ1) is 6.23. The summed E-state index contributed by atoms with van der Waals surface area (Å²) in [5.74, 6) is 0. The Morgan fingerprint density at radius 1 is 0.929 bits per heavy atom. The fourth-order valence-corrected chi connectivity index (χ4v) is 1.61. The van der Waals surface area contributed by atoms with Crippen LogP contribution in [0.25, 0.3) is 0 Å². The maximum absolute atomic E-state index is 4.52. The van der Waals surface area contributed by atoms with E-state index in [1.165, 1.54) is 11.3 Å². The molecule has 0 unspecified atom stereocenters. The van der Waals surface area contributed by atoms with Crippen LogP contribution in [0.3, 0.4) is 0 Å². The maximum atomic E-state index is 4.52. The molecule has 0 bridgehead atoms. The molecule has 0 saturated heterocycles. The smallest absolute Gasteiger partial charge is 0.0494 e. The summed E-state index contributed by atoms with van der Waals surface area (Å²) in [5.41, 5.74) is 2.88. The molecule has 0 spiro atoms. The van der Waals surface area contributed by atoms with E-state index in [9.17, 15) is 0 Å². The SMILES string of the molecule is CC(C)(C)c1cccnc1C(C)(C)C. The van der Waals surface area contributed by atoms with Crippen LogP contribution in [0.5, 0.6) is 0 Å². The highest BCUT2D eigenvalue weighted by Gasteiger charge is 2.25. The first kappa shape index (κ1) is 11.2. The molecule has 0 aliphatic rings. The van der Waals surface area contributed by atoms with Crippen molar-refractivity contribution in [3.63, 3.8) is 0 Å². The zero-order valence-electron chi connectivity index (χ0n) is 10.2. The number of nitrogens with zero attached hydrogens (tertiary/aromatic N) is 1. The monoisotopic (exact) mass is 191 g/mol. The maximum Gasteiger partial charge on any atom is 0.0494 e. The lowest BCUT2D eigenvalue weighted by atomic mass is 9.78. The van der Waals surface area contributed by atoms with Crippen LogP contribution in [-0.4, -0.2) is 4.98 Å². The summed E-state index contributed by atoms with van der Waals surface area (Å²) in [6.07, 6.45) is 1.88. The lowest BCUT2D eigenvalue weighted by Crippen LogP contribution is -2.23. The van der Waals surface area contributed by atoms with Gasteiger partial charge in [-0.2, -0.15) is 0 Å². The fourth-order valence-electron chi connectivity index (χ4n) is 1.61. The van der Waals surface area contributed by atoms with Crippen molar-refractivity contribution in [2.45, 2.75) is 52.4 Å². The molecule has 1 aromatic rings. The summed E-state index contributed by atoms with van der Waals surface area (Å²) < 4.78 is 0. The van der Waals surface area contributed by atoms with E-state index < -0.39 is 0 Å². The average molecular weight is 191 g/mol. The minimum atomic E-state index is 0.129. The van der Waals surface area contributed by atoms with Crippen LogP contribution in [0.4, 0.5) is 0 Å². The second-order valence-electron chi connectivity index (χ2n) is 5.90. The molecular formula is C13H21N. The van der Waals surface area contributed by atoms with E-state index in [0.717, 1.165) is 0 Å². The molecule has 1 nitrogen and oxygen atoms in total. The highest BCUT2D eigenvalue weighted by molar-refractivity contribution is 5.31. The normalized spacial score (nSPS) is 13.0. The van der Waals surface area contributed by atoms with Gasteiger partial charge in [-0.05, 0) is 17.0 Å². The number of hydrogen-bond acceptors (Lipinski definition) is 1. The Kier molecular flexibility index (Phi) is 2.71. The highest BCUT2D eigenvalue weighted by atomic mass is 14.7. The molecular weight excluding hydrogens is 170 g/mol. The zero-order valence-corrected chi connectivity index (χ0v) is 10.2. The van der Waals surface area contributed by atoms with Gasteiger partial charge in [0.2, 0.25) is 0 Å². The van der Waals surface area contributed by atoms with E-state index in [0.29, 0.717) is 0 Å². The zero-order chi connectivity index (χ0) is 11.0. The second kappa shape index (κ2) is 3.38. The van der Waals surface area contributed by atoms with Crippen molar-refractivity contribution in [1.29, 1.82) is 0 Å². The molecule has 0 aromatic carbocycles. The minimum Gasteiger partial charge on any atom is -0.260 e. The van der Waals surface area contributed by atoms with E-state index in [1.54, 1.807) is 0 Å². The minimum absolute atomic E-state index is 0.129. The Morgan fingerprint density at radius 3 is 1.86 bits per heavy atom. The molecule has 0 fully saturated rings. The van der Waals surface area contributed by atoms with E-state index >= 15 is 0 Å². The molecule has 0 N–H and O–H groups in total. The molecule has 1 heterocycles. The van der Waals surface area contributed by atoms with Gasteiger partial charge >= 0.3 is 0 Å². The fraction of sp³-hybridized carbons (Fsp3) is 0.615. The molecule has 0 radical (unpaired) electrons. The number of hydrogen-bond donors (Lipinski definition) is 0. The van der Waals surface area contributed by atoms with Gasteiger partial charge in [0, 0.05) is 17.3 Å². The van der Waals surface area contributed by atoms with Crippen molar-refractivity contribution in [1.82, 2.24) is 4.98 Å². The predicted molar refractivity (Wildman–Crippen MR) is 61.6 cm³/mol. The van der Waals surface area contributed by atoms with Crippen molar-refractivity contribution >= 4 is 0 Å². The lowest BCUT2D eigenvalue weighted by Gasteiger charge is -2.28. The first-order valence-electron chi connectivity index (χ1n) is 5.19. The molecule has 1 rings (SSSR count). The third-order valence-corrected chi connectivity index (χ3v) is 2.33. The largest absolute Gasteiger partial charge is 0.260 e. The van der Waals surface area contributed by atoms with Gasteiger partial charge in [0.15, 0.2) is 0 Å². The molecule has 0 amide bonds. The van der Waals surface area contributed by atoms with E-state index in [2.05, 4.69) is 52.6 Å². The van der Waals surface area contributed by atoms with Crippen molar-refractivity contribution in [2.75, 3.05) is 0 Å². The van der Waals surface area contributed by atoms with Crippen LogP contribution in [0.1, 0.15) is 52.8 Å². The standard InChI is InChI=1S/C13H21N/c1-12(2,3)10-8-7-9-14-11(10)13(4,5)6/h7-9H,1-6H3. The molecule has 1 aromatic heterocycles. The van der Waals surface area contributed by atoms with Crippen molar-refractivity contribution < 1.29 is 0 Å². The van der Waals surface area contributed by atoms with Crippen molar-refractivity contribution in [3.05, 3.63) is 29.6 Å². The quantitative estimate of drug-likeness (QED) is 0.609. The van der Waals surface area contributed by atoms with Gasteiger partial charge in [-0.15, -0.1) is 0 Å². The Balaban J connectivity index is 3.31. The van der Waals surface area contributed by atoms with Gasteiger partial charge in [0.25, 0.3) is 0 Å². The molecule has 0 aliphatic heterocycles. The van der Waals surface area contributed by atoms with Crippen LogP contribution in [0, 0.1) is 0 Å². The summed E-state index contributed by atoms with van der Waals surface area (Å²) >= 11 is 0. The van der Waals surface area contributed by atoms with Crippen LogP contribution >= 0.6 is 0 Å². The average Bonchev–Trinajstić information content (AvgIpc) is 2.01. The van der Waals surface area contributed by atoms with Crippen LogP contribution in [0.2, 0.25) is 0 Å². The summed E-state index contributed by atoms with van der Waals surface area (Å²) in [4.78, 5) is 4.52. The second-order valence-corrected chi connectivity index (χ2v) is 5.90. The Bertz CT molecular complexity index is 280. The molecule has 0 atom stereocenters. The van der Waals surface area contributed by atoms with Gasteiger partial charge < -0.3 is 0 Å². The summed E-state index contributed by atoms with van der Waals surface area (Å²) in [6.45, 7) is 13.3. The Morgan fingerprint density at radius 2 is 1.50 bits per heavy atom. The Hall–Kier alpha value is -0.850. The summed E-state index contributed by atoms with van der Waals surface area (Å²) in [7, 11) is 0. The van der Waals surface area contributed by atoms with Crippen LogP contribution in [-0.2, 0) is 10.8 Å². The number of rotatable bonds is 0. The van der Waals surface area contributed by atoms with Crippen molar-refractivity contribution in [3.8, 4) is 0 Å². The van der Waals surface area contributed by atoms with Gasteiger partial charge in [-0.25, -0.2) is 0 Å². The highest BCUT2D eigenvalue weighted by Crippen LogP contribution is 2.31. The topological polar surface area (TPSA) is 12.9 Å². The number of aromatic nitrogens is 1. The van der Waals surface area contributed by atoms with Gasteiger partial charge in [-0.1, -0.05) is 47.6 Å². The molecule has 14 heavy (non-hydrogen) atoms. The molecule has 0 saturated carbocycles. The third kappa shape index (κ3) is 2.34. The molecule has 78 valence electrons.